The van der Waals surface area contributed by atoms with E-state index in [1.165, 1.54) is 0 Å². The number of carbonyl (C=O) groups is 1. The quantitative estimate of drug-likeness (QED) is 0.682. The fraction of sp³-hybridized carbons (Fsp3) is 0.111. The van der Waals surface area contributed by atoms with Gasteiger partial charge < -0.3 is 15.6 Å². The Morgan fingerprint density at radius 1 is 1.17 bits per heavy atom. The molecule has 2 aromatic carbocycles. The number of halogens is 1. The topological polar surface area (TPSA) is 74.0 Å². The number of H-pyrrole nitrogens is 1. The summed E-state index contributed by atoms with van der Waals surface area (Å²) in [5.41, 5.74) is 2.49. The minimum absolute atomic E-state index is 0.135. The van der Waals surface area contributed by atoms with Crippen molar-refractivity contribution in [2.45, 2.75) is 6.54 Å². The lowest BCUT2D eigenvalue weighted by Crippen LogP contribution is -2.18. The standard InChI is InChI=1S/C18H16ClN3O2/c1-20-17(23)11-5-7-14(8-6-11)21-10-13-9-12-3-2-4-15(19)16(12)22-18(13)24/h2-9,21H,10H2,1H3,(H,20,23)(H,22,24). The summed E-state index contributed by atoms with van der Waals surface area (Å²) in [5.74, 6) is -0.135. The number of fused-ring (bicyclic) bond motifs is 1. The molecule has 0 aliphatic rings. The van der Waals surface area contributed by atoms with E-state index < -0.39 is 0 Å². The fourth-order valence-corrected chi connectivity index (χ4v) is 2.68. The van der Waals surface area contributed by atoms with Crippen LogP contribution in [0.25, 0.3) is 10.9 Å². The number of amides is 1. The largest absolute Gasteiger partial charge is 0.381 e. The SMILES string of the molecule is CNC(=O)c1ccc(NCc2cc3cccc(Cl)c3[nH]c2=O)cc1. The highest BCUT2D eigenvalue weighted by Crippen LogP contribution is 2.20. The number of pyridine rings is 1. The van der Waals surface area contributed by atoms with E-state index in [1.807, 2.05) is 18.2 Å². The van der Waals surface area contributed by atoms with Crippen LogP contribution in [0.1, 0.15) is 15.9 Å². The Hall–Kier alpha value is -2.79. The molecule has 1 amide bonds. The minimum atomic E-state index is -0.176. The highest BCUT2D eigenvalue weighted by molar-refractivity contribution is 6.35. The number of hydrogen-bond donors (Lipinski definition) is 3. The Kier molecular flexibility index (Phi) is 4.53. The van der Waals surface area contributed by atoms with Gasteiger partial charge in [-0.15, -0.1) is 0 Å². The van der Waals surface area contributed by atoms with E-state index in [0.29, 0.717) is 28.2 Å². The molecule has 0 spiro atoms. The van der Waals surface area contributed by atoms with Crippen molar-refractivity contribution < 1.29 is 4.79 Å². The lowest BCUT2D eigenvalue weighted by Gasteiger charge is -2.08. The van der Waals surface area contributed by atoms with Crippen molar-refractivity contribution in [3.63, 3.8) is 0 Å². The molecular formula is C18H16ClN3O2. The van der Waals surface area contributed by atoms with Crippen LogP contribution >= 0.6 is 11.6 Å². The van der Waals surface area contributed by atoms with Crippen LogP contribution in [0.5, 0.6) is 0 Å². The number of para-hydroxylation sites is 1. The average Bonchev–Trinajstić information content (AvgIpc) is 2.60. The zero-order valence-corrected chi connectivity index (χ0v) is 13.8. The van der Waals surface area contributed by atoms with E-state index in [0.717, 1.165) is 11.1 Å². The van der Waals surface area contributed by atoms with E-state index in [1.54, 1.807) is 37.4 Å². The summed E-state index contributed by atoms with van der Waals surface area (Å²) in [7, 11) is 1.59. The molecule has 0 fully saturated rings. The van der Waals surface area contributed by atoms with Gasteiger partial charge in [-0.1, -0.05) is 23.7 Å². The van der Waals surface area contributed by atoms with E-state index in [9.17, 15) is 9.59 Å². The van der Waals surface area contributed by atoms with Gasteiger partial charge in [-0.3, -0.25) is 9.59 Å². The van der Waals surface area contributed by atoms with Gasteiger partial charge in [0.05, 0.1) is 10.5 Å². The first-order chi connectivity index (χ1) is 11.6. The Bertz CT molecular complexity index is 949. The Labute approximate surface area is 143 Å². The Morgan fingerprint density at radius 2 is 1.92 bits per heavy atom. The summed E-state index contributed by atoms with van der Waals surface area (Å²) in [4.78, 5) is 26.5. The van der Waals surface area contributed by atoms with Gasteiger partial charge in [-0.25, -0.2) is 0 Å². The van der Waals surface area contributed by atoms with Crippen molar-refractivity contribution in [1.82, 2.24) is 10.3 Å². The third kappa shape index (κ3) is 3.26. The Morgan fingerprint density at radius 3 is 2.62 bits per heavy atom. The smallest absolute Gasteiger partial charge is 0.253 e. The first-order valence-electron chi connectivity index (χ1n) is 7.45. The van der Waals surface area contributed by atoms with Crippen molar-refractivity contribution in [3.8, 4) is 0 Å². The highest BCUT2D eigenvalue weighted by Gasteiger charge is 2.06. The number of nitrogens with one attached hydrogen (secondary N) is 3. The van der Waals surface area contributed by atoms with Crippen LogP contribution in [-0.4, -0.2) is 17.9 Å². The van der Waals surface area contributed by atoms with Crippen LogP contribution in [0.2, 0.25) is 5.02 Å². The number of carbonyl (C=O) groups excluding carboxylic acids is 1. The molecule has 0 atom stereocenters. The summed E-state index contributed by atoms with van der Waals surface area (Å²) in [6.45, 7) is 0.372. The normalized spacial score (nSPS) is 10.6. The summed E-state index contributed by atoms with van der Waals surface area (Å²) in [6.07, 6.45) is 0. The van der Waals surface area contributed by atoms with Gasteiger partial charge >= 0.3 is 0 Å². The highest BCUT2D eigenvalue weighted by atomic mass is 35.5. The number of rotatable bonds is 4. The molecule has 0 aliphatic heterocycles. The lowest BCUT2D eigenvalue weighted by atomic mass is 10.1. The second-order valence-corrected chi connectivity index (χ2v) is 5.74. The molecule has 6 heteroatoms. The molecule has 122 valence electrons. The van der Waals surface area contributed by atoms with Crippen LogP contribution in [-0.2, 0) is 6.54 Å². The van der Waals surface area contributed by atoms with Crippen molar-refractivity contribution in [3.05, 3.63) is 75.0 Å². The third-order valence-electron chi connectivity index (χ3n) is 3.76. The summed E-state index contributed by atoms with van der Waals surface area (Å²) >= 11 is 6.09. The van der Waals surface area contributed by atoms with Gasteiger partial charge in [0.15, 0.2) is 0 Å². The molecule has 0 saturated heterocycles. The first kappa shape index (κ1) is 16.1. The molecular weight excluding hydrogens is 326 g/mol. The van der Waals surface area contributed by atoms with E-state index >= 15 is 0 Å². The van der Waals surface area contributed by atoms with Crippen molar-refractivity contribution in [1.29, 1.82) is 0 Å². The van der Waals surface area contributed by atoms with Gasteiger partial charge in [0.25, 0.3) is 11.5 Å². The van der Waals surface area contributed by atoms with Crippen molar-refractivity contribution in [2.75, 3.05) is 12.4 Å². The maximum atomic E-state index is 12.2. The van der Waals surface area contributed by atoms with Crippen molar-refractivity contribution in [2.24, 2.45) is 0 Å². The number of aromatic nitrogens is 1. The van der Waals surface area contributed by atoms with Gasteiger partial charge in [-0.05, 0) is 36.4 Å². The van der Waals surface area contributed by atoms with Gasteiger partial charge in [-0.2, -0.15) is 0 Å². The monoisotopic (exact) mass is 341 g/mol. The molecule has 0 unspecified atom stereocenters. The van der Waals surface area contributed by atoms with Crippen LogP contribution in [0.4, 0.5) is 5.69 Å². The molecule has 3 rings (SSSR count). The maximum absolute atomic E-state index is 12.2. The van der Waals surface area contributed by atoms with E-state index in [-0.39, 0.29) is 11.5 Å². The molecule has 24 heavy (non-hydrogen) atoms. The summed E-state index contributed by atoms with van der Waals surface area (Å²) < 4.78 is 0. The molecule has 3 N–H and O–H groups in total. The van der Waals surface area contributed by atoms with Crippen LogP contribution in [0, 0.1) is 0 Å². The predicted molar refractivity (Wildman–Crippen MR) is 96.7 cm³/mol. The van der Waals surface area contributed by atoms with E-state index in [2.05, 4.69) is 15.6 Å². The predicted octanol–water partition coefficient (Wildman–Crippen LogP) is 3.15. The second-order valence-electron chi connectivity index (χ2n) is 5.34. The van der Waals surface area contributed by atoms with Crippen LogP contribution < -0.4 is 16.2 Å². The zero-order chi connectivity index (χ0) is 17.1. The molecule has 1 heterocycles. The molecule has 5 nitrogen and oxygen atoms in total. The molecule has 0 aliphatic carbocycles. The molecule has 1 aromatic heterocycles. The lowest BCUT2D eigenvalue weighted by molar-refractivity contribution is 0.0963. The molecule has 0 bridgehead atoms. The average molecular weight is 342 g/mol. The number of aromatic amines is 1. The van der Waals surface area contributed by atoms with Crippen LogP contribution in [0.15, 0.2) is 53.3 Å². The number of hydrogen-bond acceptors (Lipinski definition) is 3. The molecule has 0 saturated carbocycles. The number of benzene rings is 2. The Balaban J connectivity index is 1.79. The van der Waals surface area contributed by atoms with Crippen molar-refractivity contribution >= 4 is 34.1 Å². The zero-order valence-electron chi connectivity index (χ0n) is 13.0. The fourth-order valence-electron chi connectivity index (χ4n) is 2.45. The molecule has 0 radical (unpaired) electrons. The van der Waals surface area contributed by atoms with E-state index in [4.69, 9.17) is 11.6 Å². The van der Waals surface area contributed by atoms with Crippen LogP contribution in [0.3, 0.4) is 0 Å². The second kappa shape index (κ2) is 6.76. The first-order valence-corrected chi connectivity index (χ1v) is 7.83. The minimum Gasteiger partial charge on any atom is -0.381 e. The van der Waals surface area contributed by atoms with Gasteiger partial charge in [0, 0.05) is 35.8 Å². The number of anilines is 1. The van der Waals surface area contributed by atoms with Gasteiger partial charge in [0.1, 0.15) is 0 Å². The maximum Gasteiger partial charge on any atom is 0.253 e. The summed E-state index contributed by atoms with van der Waals surface area (Å²) in [6, 6.07) is 14.4. The summed E-state index contributed by atoms with van der Waals surface area (Å²) in [5, 5.41) is 7.16. The third-order valence-corrected chi connectivity index (χ3v) is 4.08. The molecule has 3 aromatic rings. The van der Waals surface area contributed by atoms with Gasteiger partial charge in [0.2, 0.25) is 0 Å².